The first-order valence-corrected chi connectivity index (χ1v) is 5.45. The van der Waals surface area contributed by atoms with Crippen LogP contribution in [0.4, 0.5) is 0 Å². The summed E-state index contributed by atoms with van der Waals surface area (Å²) in [6.07, 6.45) is 0. The van der Waals surface area contributed by atoms with Crippen LogP contribution in [0, 0.1) is 23.7 Å². The summed E-state index contributed by atoms with van der Waals surface area (Å²) >= 11 is 0. The maximum absolute atomic E-state index is 5.59. The van der Waals surface area contributed by atoms with Crippen LogP contribution in [-0.4, -0.2) is 38.5 Å². The van der Waals surface area contributed by atoms with Crippen LogP contribution in [0.1, 0.15) is 0 Å². The zero-order valence-corrected chi connectivity index (χ0v) is 10.7. The summed E-state index contributed by atoms with van der Waals surface area (Å²) in [5.41, 5.74) is 11.2. The van der Waals surface area contributed by atoms with Crippen molar-refractivity contribution in [2.24, 2.45) is 35.1 Å². The van der Waals surface area contributed by atoms with Crippen LogP contribution in [0.25, 0.3) is 0 Å². The molecule has 4 atom stereocenters. The molecule has 6 heteroatoms. The summed E-state index contributed by atoms with van der Waals surface area (Å²) in [5.74, 6) is 2.94. The molecule has 2 heterocycles. The average Bonchev–Trinajstić information content (AvgIpc) is 2.92. The van der Waals surface area contributed by atoms with E-state index in [1.54, 1.807) is 0 Å². The van der Waals surface area contributed by atoms with Gasteiger partial charge in [0, 0.05) is 35.8 Å². The number of hydrogen-bond acceptors (Lipinski definition) is 4. The van der Waals surface area contributed by atoms with Crippen molar-refractivity contribution in [3.8, 4) is 0 Å². The molecule has 4 rings (SSSR count). The van der Waals surface area contributed by atoms with E-state index in [9.17, 15) is 0 Å². The molecule has 2 aliphatic carbocycles. The summed E-state index contributed by atoms with van der Waals surface area (Å²) in [6.45, 7) is 3.69. The van der Waals surface area contributed by atoms with Crippen LogP contribution in [0.2, 0.25) is 0 Å². The van der Waals surface area contributed by atoms with Crippen molar-refractivity contribution in [3.05, 3.63) is 0 Å². The van der Waals surface area contributed by atoms with Crippen LogP contribution in [0.5, 0.6) is 0 Å². The van der Waals surface area contributed by atoms with E-state index in [0.29, 0.717) is 12.1 Å². The minimum absolute atomic E-state index is 0. The molecule has 0 aromatic carbocycles. The minimum atomic E-state index is 0. The van der Waals surface area contributed by atoms with Gasteiger partial charge in [0.05, 0.1) is 26.4 Å². The zero-order chi connectivity index (χ0) is 9.71. The van der Waals surface area contributed by atoms with E-state index < -0.39 is 0 Å². The van der Waals surface area contributed by atoms with Gasteiger partial charge in [-0.3, -0.25) is 0 Å². The Bertz CT molecular complexity index is 201. The van der Waals surface area contributed by atoms with Crippen molar-refractivity contribution >= 4 is 24.8 Å². The number of halogens is 2. The molecular formula is C10H20Cl2N2O2. The molecule has 96 valence electrons. The highest BCUT2D eigenvalue weighted by Crippen LogP contribution is 2.42. The molecule has 4 aliphatic rings. The number of rotatable bonds is 0. The molecule has 0 bridgehead atoms. The lowest BCUT2D eigenvalue weighted by Crippen LogP contribution is -2.11. The third-order valence-corrected chi connectivity index (χ3v) is 4.04. The second-order valence-electron chi connectivity index (χ2n) is 4.89. The van der Waals surface area contributed by atoms with E-state index in [0.717, 1.165) is 50.1 Å². The van der Waals surface area contributed by atoms with Crippen LogP contribution in [-0.2, 0) is 9.47 Å². The summed E-state index contributed by atoms with van der Waals surface area (Å²) in [5, 5.41) is 0. The van der Waals surface area contributed by atoms with E-state index >= 15 is 0 Å². The molecule has 0 radical (unpaired) electrons. The number of nitrogens with two attached hydrogens (primary N) is 2. The molecule has 16 heavy (non-hydrogen) atoms. The molecule has 4 nitrogen and oxygen atoms in total. The van der Waals surface area contributed by atoms with Gasteiger partial charge < -0.3 is 20.9 Å². The minimum Gasteiger partial charge on any atom is -0.381 e. The van der Waals surface area contributed by atoms with Crippen molar-refractivity contribution in [2.75, 3.05) is 26.4 Å². The Morgan fingerprint density at radius 1 is 0.625 bits per heavy atom. The summed E-state index contributed by atoms with van der Waals surface area (Å²) < 4.78 is 10.2. The van der Waals surface area contributed by atoms with Gasteiger partial charge >= 0.3 is 0 Å². The van der Waals surface area contributed by atoms with Gasteiger partial charge in [-0.15, -0.1) is 24.8 Å². The zero-order valence-electron chi connectivity index (χ0n) is 9.08. The average molecular weight is 271 g/mol. The van der Waals surface area contributed by atoms with Crippen molar-refractivity contribution in [1.29, 1.82) is 0 Å². The molecule has 0 spiro atoms. The van der Waals surface area contributed by atoms with Crippen LogP contribution in [0.3, 0.4) is 0 Å². The van der Waals surface area contributed by atoms with Gasteiger partial charge in [0.25, 0.3) is 0 Å². The van der Waals surface area contributed by atoms with Gasteiger partial charge in [0.1, 0.15) is 0 Å². The monoisotopic (exact) mass is 270 g/mol. The number of ether oxygens (including phenoxy) is 2. The maximum Gasteiger partial charge on any atom is 0.0513 e. The van der Waals surface area contributed by atoms with E-state index in [1.165, 1.54) is 0 Å². The summed E-state index contributed by atoms with van der Waals surface area (Å²) in [7, 11) is 0. The first-order valence-electron chi connectivity index (χ1n) is 5.45. The molecule has 2 saturated heterocycles. The van der Waals surface area contributed by atoms with E-state index in [-0.39, 0.29) is 24.8 Å². The second kappa shape index (κ2) is 5.38. The fourth-order valence-corrected chi connectivity index (χ4v) is 2.57. The van der Waals surface area contributed by atoms with Crippen molar-refractivity contribution in [2.45, 2.75) is 12.1 Å². The molecule has 0 aromatic heterocycles. The predicted octanol–water partition coefficient (Wildman–Crippen LogP) is 0.0234. The van der Waals surface area contributed by atoms with Crippen molar-refractivity contribution < 1.29 is 9.47 Å². The molecule has 0 amide bonds. The number of fused-ring (bicyclic) bond motifs is 2. The van der Waals surface area contributed by atoms with Gasteiger partial charge in [0.2, 0.25) is 0 Å². The Morgan fingerprint density at radius 3 is 1.00 bits per heavy atom. The Labute approximate surface area is 108 Å². The van der Waals surface area contributed by atoms with Gasteiger partial charge in [0.15, 0.2) is 0 Å². The van der Waals surface area contributed by atoms with E-state index in [4.69, 9.17) is 20.9 Å². The predicted molar refractivity (Wildman–Crippen MR) is 66.0 cm³/mol. The standard InChI is InChI=1S/2C5H9NO.2ClH/c2*6-5-3-1-7-2-4(3)5;;/h2*3-5H,1-2,6H2;2*1H/t2*3-,4-;;/m10../s1. The van der Waals surface area contributed by atoms with Crippen LogP contribution >= 0.6 is 24.8 Å². The Hall–Kier alpha value is 0.420. The lowest BCUT2D eigenvalue weighted by molar-refractivity contribution is 0.160. The Kier molecular flexibility index (Phi) is 4.87. The first-order chi connectivity index (χ1) is 6.79. The molecule has 2 aliphatic heterocycles. The highest BCUT2D eigenvalue weighted by atomic mass is 35.5. The quantitative estimate of drug-likeness (QED) is 0.652. The smallest absolute Gasteiger partial charge is 0.0513 e. The molecule has 2 saturated carbocycles. The van der Waals surface area contributed by atoms with E-state index in [2.05, 4.69) is 0 Å². The molecule has 4 fully saturated rings. The van der Waals surface area contributed by atoms with Crippen molar-refractivity contribution in [1.82, 2.24) is 0 Å². The van der Waals surface area contributed by atoms with Crippen LogP contribution < -0.4 is 11.5 Å². The van der Waals surface area contributed by atoms with E-state index in [1.807, 2.05) is 0 Å². The highest BCUT2D eigenvalue weighted by Gasteiger charge is 2.52. The lowest BCUT2D eigenvalue weighted by Gasteiger charge is -1.93. The topological polar surface area (TPSA) is 70.5 Å². The van der Waals surface area contributed by atoms with Gasteiger partial charge in [-0.1, -0.05) is 0 Å². The normalized spacial score (nSPS) is 49.9. The number of hydrogen-bond donors (Lipinski definition) is 2. The van der Waals surface area contributed by atoms with Gasteiger partial charge in [-0.25, -0.2) is 0 Å². The largest absolute Gasteiger partial charge is 0.381 e. The molecule has 0 aromatic rings. The fourth-order valence-electron chi connectivity index (χ4n) is 2.57. The fraction of sp³-hybridized carbons (Fsp3) is 1.00. The third kappa shape index (κ3) is 2.47. The first kappa shape index (κ1) is 14.5. The summed E-state index contributed by atoms with van der Waals surface area (Å²) in [4.78, 5) is 0. The Balaban J connectivity index is 0.000000142. The van der Waals surface area contributed by atoms with Gasteiger partial charge in [-0.05, 0) is 0 Å². The maximum atomic E-state index is 5.59. The third-order valence-electron chi connectivity index (χ3n) is 4.04. The van der Waals surface area contributed by atoms with Gasteiger partial charge in [-0.2, -0.15) is 0 Å². The van der Waals surface area contributed by atoms with Crippen molar-refractivity contribution in [3.63, 3.8) is 0 Å². The second-order valence-corrected chi connectivity index (χ2v) is 4.89. The summed E-state index contributed by atoms with van der Waals surface area (Å²) in [6, 6.07) is 0.988. The Morgan fingerprint density at radius 2 is 0.875 bits per heavy atom. The lowest BCUT2D eigenvalue weighted by atomic mass is 10.4. The SMILES string of the molecule is Cl.Cl.NC1[C@@H]2COC[C@@H]12.NC1[C@H]2COC[C@H]12. The molecule has 0 unspecified atom stereocenters. The molecular weight excluding hydrogens is 251 g/mol. The van der Waals surface area contributed by atoms with Crippen LogP contribution in [0.15, 0.2) is 0 Å². The molecule has 4 N–H and O–H groups in total. The highest BCUT2D eigenvalue weighted by molar-refractivity contribution is 5.85.